The van der Waals surface area contributed by atoms with Crippen molar-refractivity contribution in [2.75, 3.05) is 6.61 Å². The Morgan fingerprint density at radius 1 is 1.47 bits per heavy atom. The van der Waals surface area contributed by atoms with Gasteiger partial charge in [-0.25, -0.2) is 4.98 Å². The molecule has 2 heterocycles. The van der Waals surface area contributed by atoms with E-state index in [9.17, 15) is 4.79 Å². The highest BCUT2D eigenvalue weighted by Crippen LogP contribution is 2.28. The van der Waals surface area contributed by atoms with Crippen molar-refractivity contribution < 1.29 is 9.53 Å². The molecule has 3 rings (SSSR count). The number of aryl methyl sites for hydroxylation is 1. The van der Waals surface area contributed by atoms with E-state index in [0.717, 1.165) is 17.8 Å². The van der Waals surface area contributed by atoms with Crippen LogP contribution in [0.1, 0.15) is 23.1 Å². The van der Waals surface area contributed by atoms with Crippen molar-refractivity contribution in [2.45, 2.75) is 18.9 Å². The number of ketones is 1. The van der Waals surface area contributed by atoms with E-state index in [1.807, 2.05) is 36.0 Å². The number of carbonyl (C=O) groups excluding carboxylic acids is 1. The molecule has 4 heteroatoms. The molecule has 0 spiro atoms. The van der Waals surface area contributed by atoms with E-state index in [2.05, 4.69) is 11.1 Å². The average molecular weight is 256 g/mol. The number of aromatic nitrogens is 2. The summed E-state index contributed by atoms with van der Waals surface area (Å²) in [6.45, 7) is 0.605. The van der Waals surface area contributed by atoms with Crippen LogP contribution in [0.2, 0.25) is 0 Å². The zero-order valence-electron chi connectivity index (χ0n) is 10.9. The van der Waals surface area contributed by atoms with Gasteiger partial charge in [0.15, 0.2) is 5.78 Å². The van der Waals surface area contributed by atoms with Crippen LogP contribution in [0.3, 0.4) is 0 Å². The third kappa shape index (κ3) is 2.31. The van der Waals surface area contributed by atoms with E-state index in [1.165, 1.54) is 5.56 Å². The molecular weight excluding hydrogens is 240 g/mol. The molecule has 4 nitrogen and oxygen atoms in total. The molecule has 1 aliphatic heterocycles. The molecule has 0 N–H and O–H groups in total. The molecule has 1 atom stereocenters. The minimum absolute atomic E-state index is 0.0708. The minimum Gasteiger partial charge on any atom is -0.365 e. The summed E-state index contributed by atoms with van der Waals surface area (Å²) in [5.41, 5.74) is 2.22. The summed E-state index contributed by atoms with van der Waals surface area (Å²) in [7, 11) is 1.89. The molecule has 19 heavy (non-hydrogen) atoms. The van der Waals surface area contributed by atoms with E-state index >= 15 is 0 Å². The topological polar surface area (TPSA) is 44.1 Å². The normalized spacial score (nSPS) is 18.1. The molecule has 1 aromatic carbocycles. The molecule has 0 saturated heterocycles. The molecular formula is C15H16N2O2. The second-order valence-corrected chi connectivity index (χ2v) is 4.80. The number of fused-ring (bicyclic) bond motifs is 1. The van der Waals surface area contributed by atoms with Crippen LogP contribution < -0.4 is 0 Å². The molecule has 2 aromatic rings. The molecule has 0 saturated carbocycles. The second kappa shape index (κ2) is 4.97. The Balaban J connectivity index is 1.84. The third-order valence-corrected chi connectivity index (χ3v) is 3.54. The van der Waals surface area contributed by atoms with Gasteiger partial charge in [-0.05, 0) is 17.5 Å². The van der Waals surface area contributed by atoms with Crippen molar-refractivity contribution in [1.29, 1.82) is 0 Å². The summed E-state index contributed by atoms with van der Waals surface area (Å²) in [5, 5.41) is 0. The molecule has 1 unspecified atom stereocenters. The van der Waals surface area contributed by atoms with E-state index in [1.54, 1.807) is 6.20 Å². The lowest BCUT2D eigenvalue weighted by Gasteiger charge is -2.24. The first-order valence-corrected chi connectivity index (χ1v) is 6.44. The first-order valence-electron chi connectivity index (χ1n) is 6.44. The summed E-state index contributed by atoms with van der Waals surface area (Å²) in [5.74, 6) is 0.845. The summed E-state index contributed by atoms with van der Waals surface area (Å²) >= 11 is 0. The van der Waals surface area contributed by atoms with Crippen molar-refractivity contribution >= 4 is 5.78 Å². The summed E-state index contributed by atoms with van der Waals surface area (Å²) < 4.78 is 7.54. The summed E-state index contributed by atoms with van der Waals surface area (Å²) in [4.78, 5) is 16.6. The summed E-state index contributed by atoms with van der Waals surface area (Å²) in [6.07, 6.45) is 4.29. The van der Waals surface area contributed by atoms with Gasteiger partial charge < -0.3 is 9.30 Å². The van der Waals surface area contributed by atoms with Crippen LogP contribution in [0, 0.1) is 0 Å². The fourth-order valence-electron chi connectivity index (χ4n) is 2.48. The van der Waals surface area contributed by atoms with Crippen LogP contribution in [-0.4, -0.2) is 21.9 Å². The smallest absolute Gasteiger partial charge is 0.173 e. The van der Waals surface area contributed by atoms with Crippen LogP contribution in [0.25, 0.3) is 0 Å². The van der Waals surface area contributed by atoms with Crippen LogP contribution in [0.15, 0.2) is 36.7 Å². The molecule has 1 aromatic heterocycles. The average Bonchev–Trinajstić information content (AvgIpc) is 2.83. The Morgan fingerprint density at radius 2 is 2.32 bits per heavy atom. The van der Waals surface area contributed by atoms with Gasteiger partial charge in [0.05, 0.1) is 13.0 Å². The van der Waals surface area contributed by atoms with E-state index in [-0.39, 0.29) is 5.78 Å². The van der Waals surface area contributed by atoms with Gasteiger partial charge in [-0.15, -0.1) is 0 Å². The number of imidazole rings is 1. The zero-order chi connectivity index (χ0) is 13.2. The fourth-order valence-corrected chi connectivity index (χ4v) is 2.48. The first-order chi connectivity index (χ1) is 9.25. The first kappa shape index (κ1) is 12.1. The number of ether oxygens (including phenoxy) is 1. The quantitative estimate of drug-likeness (QED) is 0.841. The number of benzene rings is 1. The van der Waals surface area contributed by atoms with Crippen LogP contribution in [0.5, 0.6) is 0 Å². The number of Topliss-reactive ketones (excluding diaryl/α,β-unsaturated/α-hetero) is 1. The van der Waals surface area contributed by atoms with Gasteiger partial charge >= 0.3 is 0 Å². The molecule has 0 bridgehead atoms. The molecule has 98 valence electrons. The zero-order valence-corrected chi connectivity index (χ0v) is 10.9. The lowest BCUT2D eigenvalue weighted by molar-refractivity contribution is -0.131. The maximum Gasteiger partial charge on any atom is 0.173 e. The maximum absolute atomic E-state index is 12.4. The van der Waals surface area contributed by atoms with Gasteiger partial charge in [-0.2, -0.15) is 0 Å². The lowest BCUT2D eigenvalue weighted by atomic mass is 9.94. The Kier molecular flexibility index (Phi) is 3.17. The molecule has 0 aliphatic carbocycles. The maximum atomic E-state index is 12.4. The van der Waals surface area contributed by atoms with E-state index < -0.39 is 6.10 Å². The van der Waals surface area contributed by atoms with Crippen LogP contribution in [0.4, 0.5) is 0 Å². The number of hydrogen-bond acceptors (Lipinski definition) is 3. The fraction of sp³-hybridized carbons (Fsp3) is 0.333. The van der Waals surface area contributed by atoms with Gasteiger partial charge in [0.2, 0.25) is 0 Å². The van der Waals surface area contributed by atoms with E-state index in [4.69, 9.17) is 4.74 Å². The van der Waals surface area contributed by atoms with Crippen LogP contribution >= 0.6 is 0 Å². The second-order valence-electron chi connectivity index (χ2n) is 4.80. The Morgan fingerprint density at radius 3 is 3.11 bits per heavy atom. The van der Waals surface area contributed by atoms with Crippen LogP contribution in [-0.2, 0) is 29.4 Å². The van der Waals surface area contributed by atoms with Gasteiger partial charge in [-0.1, -0.05) is 24.3 Å². The van der Waals surface area contributed by atoms with Gasteiger partial charge in [0.1, 0.15) is 11.9 Å². The van der Waals surface area contributed by atoms with Crippen molar-refractivity contribution in [3.63, 3.8) is 0 Å². The molecule has 0 radical (unpaired) electrons. The highest BCUT2D eigenvalue weighted by Gasteiger charge is 2.27. The minimum atomic E-state index is -0.443. The summed E-state index contributed by atoms with van der Waals surface area (Å²) in [6, 6.07) is 8.01. The number of hydrogen-bond donors (Lipinski definition) is 0. The Hall–Kier alpha value is -1.94. The van der Waals surface area contributed by atoms with E-state index in [0.29, 0.717) is 13.0 Å². The van der Waals surface area contributed by atoms with Gasteiger partial charge in [-0.3, -0.25) is 4.79 Å². The predicted molar refractivity (Wildman–Crippen MR) is 70.8 cm³/mol. The lowest BCUT2D eigenvalue weighted by Crippen LogP contribution is -2.25. The molecule has 0 amide bonds. The standard InChI is InChI=1S/C15H16N2O2/c1-17-8-7-16-14(17)10-13(18)15-12-5-3-2-4-11(12)6-9-19-15/h2-5,7-8,15H,6,9-10H2,1H3. The number of carbonyl (C=O) groups is 1. The Bertz CT molecular complexity index is 604. The monoisotopic (exact) mass is 256 g/mol. The third-order valence-electron chi connectivity index (χ3n) is 3.54. The van der Waals surface area contributed by atoms with Crippen molar-refractivity contribution in [3.8, 4) is 0 Å². The predicted octanol–water partition coefficient (Wildman–Crippen LogP) is 1.85. The van der Waals surface area contributed by atoms with Gasteiger partial charge in [0.25, 0.3) is 0 Å². The van der Waals surface area contributed by atoms with Crippen molar-refractivity contribution in [3.05, 3.63) is 53.6 Å². The SMILES string of the molecule is Cn1ccnc1CC(=O)C1OCCc2ccccc21. The Labute approximate surface area is 112 Å². The van der Waals surface area contributed by atoms with Gasteiger partial charge in [0, 0.05) is 19.4 Å². The highest BCUT2D eigenvalue weighted by atomic mass is 16.5. The number of rotatable bonds is 3. The number of nitrogens with zero attached hydrogens (tertiary/aromatic N) is 2. The van der Waals surface area contributed by atoms with Crippen molar-refractivity contribution in [1.82, 2.24) is 9.55 Å². The largest absolute Gasteiger partial charge is 0.365 e. The molecule has 0 fully saturated rings. The van der Waals surface area contributed by atoms with Crippen molar-refractivity contribution in [2.24, 2.45) is 7.05 Å². The highest BCUT2D eigenvalue weighted by molar-refractivity contribution is 5.86. The molecule has 1 aliphatic rings.